The third-order valence-electron chi connectivity index (χ3n) is 28.1. The number of likely N-dealkylation sites (N-methyl/N-ethyl adjacent to an activating group) is 4. The second kappa shape index (κ2) is 30.4. The van der Waals surface area contributed by atoms with Crippen LogP contribution in [-0.4, -0.2) is 295 Å². The minimum absolute atomic E-state index is 0.135. The van der Waals surface area contributed by atoms with Crippen LogP contribution in [-0.2, 0) is 60.8 Å². The molecule has 0 saturated carbocycles. The lowest BCUT2D eigenvalue weighted by atomic mass is 9.55. The zero-order chi connectivity index (χ0) is 95.6. The molecule has 0 aromatic heterocycles. The summed E-state index contributed by atoms with van der Waals surface area (Å²) in [6.07, 6.45) is -0.800. The van der Waals surface area contributed by atoms with Crippen LogP contribution in [0.1, 0.15) is 117 Å². The molecule has 40 nitrogen and oxygen atoms in total. The Morgan fingerprint density at radius 3 is 0.586 bits per heavy atom. The van der Waals surface area contributed by atoms with E-state index in [1.807, 2.05) is 0 Å². The van der Waals surface area contributed by atoms with Crippen LogP contribution < -0.4 is 22.9 Å². The number of hydrogen-bond donors (Lipinski definition) is 24. The van der Waals surface area contributed by atoms with E-state index < -0.39 is 300 Å². The normalized spacial score (nSPS) is 34.4. The highest BCUT2D eigenvalue weighted by molar-refractivity contribution is 6.28. The van der Waals surface area contributed by atoms with Crippen LogP contribution in [0.15, 0.2) is 163 Å². The predicted molar refractivity (Wildman–Crippen MR) is 438 cm³/mol. The lowest BCUT2D eigenvalue weighted by Crippen LogP contribution is -2.65. The minimum Gasteiger partial charge on any atom is -0.510 e. The number of carbonyl (C=O) groups is 12. The van der Waals surface area contributed by atoms with Crippen LogP contribution in [0.25, 0.3) is 0 Å². The summed E-state index contributed by atoms with van der Waals surface area (Å²) in [6.45, 7) is 5.61. The van der Waals surface area contributed by atoms with Crippen molar-refractivity contribution in [2.75, 3.05) is 56.4 Å². The standard InChI is InChI=1S/4C22H24N2O8/c4*1-21(31)8-5-4-6-11(25)12(8)16(26)13-9(21)7-10-15(24(2)3)17(27)14(20(23)30)19(29)22(10,32)18(13)28/h4*4-6,9-10,15,25,27-28,31-32H,7H2,1-3H3,(H2,23,30)/t4*9-,10-,15-,21+,22-/m0000/s1. The van der Waals surface area contributed by atoms with Crippen molar-refractivity contribution in [2.45, 2.75) is 122 Å². The van der Waals surface area contributed by atoms with Gasteiger partial charge in [-0.1, -0.05) is 48.5 Å². The van der Waals surface area contributed by atoms with Crippen molar-refractivity contribution in [1.29, 1.82) is 0 Å². The number of primary amides is 4. The van der Waals surface area contributed by atoms with E-state index in [0.29, 0.717) is 0 Å². The Bertz CT molecular complexity index is 5310. The maximum atomic E-state index is 13.3. The second-order valence-electron chi connectivity index (χ2n) is 35.8. The molecule has 16 rings (SSSR count). The van der Waals surface area contributed by atoms with Gasteiger partial charge < -0.3 is 125 Å². The third kappa shape index (κ3) is 12.4. The van der Waals surface area contributed by atoms with E-state index in [2.05, 4.69) is 0 Å². The summed E-state index contributed by atoms with van der Waals surface area (Å²) in [6, 6.07) is 12.2. The van der Waals surface area contributed by atoms with Gasteiger partial charge >= 0.3 is 0 Å². The van der Waals surface area contributed by atoms with Gasteiger partial charge in [-0.3, -0.25) is 77.1 Å². The van der Waals surface area contributed by atoms with Crippen LogP contribution in [0.5, 0.6) is 23.0 Å². The Labute approximate surface area is 726 Å². The van der Waals surface area contributed by atoms with Crippen LogP contribution in [0, 0.1) is 47.3 Å². The van der Waals surface area contributed by atoms with Crippen molar-refractivity contribution in [2.24, 2.45) is 70.3 Å². The van der Waals surface area contributed by atoms with Crippen molar-refractivity contribution >= 4 is 69.9 Å². The first-order valence-electron chi connectivity index (χ1n) is 39.9. The Morgan fingerprint density at radius 2 is 0.445 bits per heavy atom. The Hall–Kier alpha value is -12.8. The number of phenols is 4. The average molecular weight is 1780 g/mol. The maximum absolute atomic E-state index is 13.3. The van der Waals surface area contributed by atoms with Gasteiger partial charge in [0.25, 0.3) is 23.6 Å². The van der Waals surface area contributed by atoms with Crippen molar-refractivity contribution in [3.63, 3.8) is 0 Å². The first-order chi connectivity index (χ1) is 59.1. The van der Waals surface area contributed by atoms with Gasteiger partial charge in [-0.2, -0.15) is 0 Å². The molecule has 20 atom stereocenters. The summed E-state index contributed by atoms with van der Waals surface area (Å²) in [5.74, 6) is -31.6. The van der Waals surface area contributed by atoms with Gasteiger partial charge in [0, 0.05) is 69.6 Å². The SMILES string of the molecule is CN(C)[C@@H]1C(O)=C(C(N)=O)C(=O)[C@@]2(O)C(O)=C3C(=O)c4c(O)cccc4[C@@](C)(O)[C@H]3C[C@@H]12.CN(C)[C@@H]1C(O)=C(C(N)=O)C(=O)[C@@]2(O)C(O)=C3C(=O)c4c(O)cccc4[C@@](C)(O)[C@H]3C[C@@H]12.CN(C)[C@@H]1C(O)=C(C(N)=O)C(=O)[C@@]2(O)C(O)=C3C(=O)c4c(O)cccc4[C@@](C)(O)[C@H]3C[C@@H]12.CN(C)[C@@H]1C(O)=C(C(N)=O)C(=O)[C@@]2(O)C(O)=C3C(=O)c4c(O)cccc4[C@@](C)(O)[C@H]3C[C@@H]12. The number of aliphatic hydroxyl groups excluding tert-OH is 8. The number of nitrogens with zero attached hydrogens (tertiary/aromatic N) is 4. The van der Waals surface area contributed by atoms with Gasteiger partial charge in [-0.15, -0.1) is 0 Å². The summed E-state index contributed by atoms with van der Waals surface area (Å²) in [7, 11) is 12.2. The molecule has 680 valence electrons. The molecule has 40 heteroatoms. The Morgan fingerprint density at radius 1 is 0.289 bits per heavy atom. The highest BCUT2D eigenvalue weighted by atomic mass is 16.4. The average Bonchev–Trinajstić information content (AvgIpc) is 0.701. The van der Waals surface area contributed by atoms with Crippen LogP contribution in [0.2, 0.25) is 0 Å². The molecule has 0 unspecified atom stereocenters. The monoisotopic (exact) mass is 1780 g/mol. The van der Waals surface area contributed by atoms with E-state index in [-0.39, 0.29) is 70.2 Å². The number of aliphatic hydroxyl groups is 16. The summed E-state index contributed by atoms with van der Waals surface area (Å²) in [5.41, 5.74) is -2.62. The number of carbonyl (C=O) groups excluding carboxylic acids is 12. The number of rotatable bonds is 8. The summed E-state index contributed by atoms with van der Waals surface area (Å²) in [5, 5.41) is 220. The van der Waals surface area contributed by atoms with Crippen LogP contribution in [0.3, 0.4) is 0 Å². The molecule has 4 amide bonds. The van der Waals surface area contributed by atoms with Gasteiger partial charge in [0.15, 0.2) is 45.5 Å². The maximum Gasteiger partial charge on any atom is 0.255 e. The number of fused-ring (bicyclic) bond motifs is 12. The molecule has 28 N–H and O–H groups in total. The summed E-state index contributed by atoms with van der Waals surface area (Å²) in [4.78, 5) is 159. The van der Waals surface area contributed by atoms with Gasteiger partial charge in [0.1, 0.15) is 91.4 Å². The molecular formula is C88H96N8O32. The topological polar surface area (TPSA) is 726 Å². The van der Waals surface area contributed by atoms with Gasteiger partial charge in [0.05, 0.1) is 68.8 Å². The Balaban J connectivity index is 0.000000146. The molecular weight excluding hydrogens is 1680 g/mol. The molecule has 0 bridgehead atoms. The van der Waals surface area contributed by atoms with E-state index in [1.165, 1.54) is 176 Å². The number of amides is 4. The first kappa shape index (κ1) is 92.8. The molecule has 0 saturated heterocycles. The molecule has 4 aromatic rings. The van der Waals surface area contributed by atoms with Crippen molar-refractivity contribution in [3.05, 3.63) is 208 Å². The zero-order valence-electron chi connectivity index (χ0n) is 70.6. The van der Waals surface area contributed by atoms with E-state index >= 15 is 0 Å². The minimum atomic E-state index is -2.75. The first-order valence-corrected chi connectivity index (χ1v) is 39.9. The fourth-order valence-corrected chi connectivity index (χ4v) is 22.0. The number of nitrogens with two attached hydrogens (primary N) is 4. The molecule has 12 aliphatic carbocycles. The van der Waals surface area contributed by atoms with E-state index in [9.17, 15) is 160 Å². The van der Waals surface area contributed by atoms with E-state index in [4.69, 9.17) is 22.9 Å². The highest BCUT2D eigenvalue weighted by Gasteiger charge is 2.71. The van der Waals surface area contributed by atoms with E-state index in [1.54, 1.807) is 0 Å². The zero-order valence-corrected chi connectivity index (χ0v) is 70.6. The molecule has 4 aromatic carbocycles. The molecule has 128 heavy (non-hydrogen) atoms. The quantitative estimate of drug-likeness (QED) is 0.0955. The fourth-order valence-electron chi connectivity index (χ4n) is 22.0. The largest absolute Gasteiger partial charge is 0.510 e. The number of Topliss-reactive ketones (excluding diaryl/α,β-unsaturated/α-hetero) is 8. The van der Waals surface area contributed by atoms with Crippen LogP contribution in [0.4, 0.5) is 0 Å². The Kier molecular flexibility index (Phi) is 22.1. The predicted octanol–water partition coefficient (Wildman–Crippen LogP) is -0.858. The molecule has 0 fully saturated rings. The summed E-state index contributed by atoms with van der Waals surface area (Å²) >= 11 is 0. The van der Waals surface area contributed by atoms with Crippen LogP contribution >= 0.6 is 0 Å². The van der Waals surface area contributed by atoms with E-state index in [0.717, 1.165) is 0 Å². The van der Waals surface area contributed by atoms with Crippen molar-refractivity contribution in [3.8, 4) is 23.0 Å². The summed E-state index contributed by atoms with van der Waals surface area (Å²) < 4.78 is 0. The number of ketones is 8. The van der Waals surface area contributed by atoms with Crippen molar-refractivity contribution in [1.82, 2.24) is 19.6 Å². The smallest absolute Gasteiger partial charge is 0.255 e. The van der Waals surface area contributed by atoms with Gasteiger partial charge in [0.2, 0.25) is 23.1 Å². The number of hydrogen-bond acceptors (Lipinski definition) is 36. The fraction of sp³-hybridized carbons (Fsp3) is 0.409. The second-order valence-corrected chi connectivity index (χ2v) is 35.8. The third-order valence-corrected chi connectivity index (χ3v) is 28.1. The van der Waals surface area contributed by atoms with Gasteiger partial charge in [-0.05, 0) is 156 Å². The number of aromatic hydroxyl groups is 4. The van der Waals surface area contributed by atoms with Crippen molar-refractivity contribution < 1.29 is 160 Å². The van der Waals surface area contributed by atoms with Gasteiger partial charge in [-0.25, -0.2) is 0 Å². The lowest BCUT2D eigenvalue weighted by Gasteiger charge is -2.52. The molecule has 0 heterocycles. The molecule has 0 aliphatic heterocycles. The molecule has 0 radical (unpaired) electrons. The number of benzene rings is 4. The lowest BCUT2D eigenvalue weighted by molar-refractivity contribution is -0.152. The molecule has 0 spiro atoms. The highest BCUT2D eigenvalue weighted by Crippen LogP contribution is 2.63. The molecule has 12 aliphatic rings. The number of phenolic OH excluding ortho intramolecular Hbond substituents is 4.